The van der Waals surface area contributed by atoms with Gasteiger partial charge in [-0.1, -0.05) is 6.42 Å². The van der Waals surface area contributed by atoms with E-state index in [1.54, 1.807) is 7.05 Å². The third-order valence-electron chi connectivity index (χ3n) is 4.59. The molecule has 7 heteroatoms. The molecule has 116 valence electrons. The van der Waals surface area contributed by atoms with E-state index in [1.807, 2.05) is 7.05 Å². The normalized spacial score (nSPS) is 32.0. The fraction of sp³-hybridized carbons (Fsp3) is 0.923. The molecule has 0 aromatic rings. The first-order valence-corrected chi connectivity index (χ1v) is 8.69. The molecule has 1 saturated carbocycles. The fourth-order valence-electron chi connectivity index (χ4n) is 3.44. The number of sulfonamides is 1. The molecule has 0 aromatic heterocycles. The van der Waals surface area contributed by atoms with Gasteiger partial charge in [0.2, 0.25) is 10.0 Å². The molecule has 6 nitrogen and oxygen atoms in total. The van der Waals surface area contributed by atoms with Gasteiger partial charge in [0.15, 0.2) is 0 Å². The van der Waals surface area contributed by atoms with Crippen LogP contribution in [0.25, 0.3) is 0 Å². The van der Waals surface area contributed by atoms with Crippen molar-refractivity contribution in [3.05, 3.63) is 0 Å². The van der Waals surface area contributed by atoms with E-state index in [4.69, 9.17) is 5.11 Å². The molecule has 2 aliphatic rings. The minimum atomic E-state index is -3.50. The lowest BCUT2D eigenvalue weighted by atomic mass is 10.1. The molecule has 1 N–H and O–H groups in total. The number of hydrogen-bond donors (Lipinski definition) is 1. The second kappa shape index (κ2) is 5.99. The number of hydrogen-bond acceptors (Lipinski definition) is 4. The van der Waals surface area contributed by atoms with E-state index in [2.05, 4.69) is 4.90 Å². The van der Waals surface area contributed by atoms with Gasteiger partial charge in [0.25, 0.3) is 0 Å². The number of nitrogens with zero attached hydrogens (tertiary/aromatic N) is 2. The molecule has 1 aliphatic heterocycles. The first kappa shape index (κ1) is 15.7. The summed E-state index contributed by atoms with van der Waals surface area (Å²) in [5, 5.41) is 8.41. The van der Waals surface area contributed by atoms with E-state index in [-0.39, 0.29) is 0 Å². The monoisotopic (exact) mass is 304 g/mol. The number of carbonyl (C=O) groups is 1. The van der Waals surface area contributed by atoms with Gasteiger partial charge in [0.1, 0.15) is 0 Å². The highest BCUT2D eigenvalue weighted by Crippen LogP contribution is 2.33. The van der Waals surface area contributed by atoms with Gasteiger partial charge in [-0.3, -0.25) is 4.79 Å². The van der Waals surface area contributed by atoms with Gasteiger partial charge in [-0.05, 0) is 38.8 Å². The summed E-state index contributed by atoms with van der Waals surface area (Å²) in [5.74, 6) is -1.37. The Morgan fingerprint density at radius 1 is 1.35 bits per heavy atom. The van der Waals surface area contributed by atoms with Crippen LogP contribution in [0.5, 0.6) is 0 Å². The van der Waals surface area contributed by atoms with Crippen molar-refractivity contribution < 1.29 is 18.3 Å². The molecule has 1 saturated heterocycles. The van der Waals surface area contributed by atoms with Crippen molar-refractivity contribution in [2.24, 2.45) is 11.8 Å². The lowest BCUT2D eigenvalue weighted by Crippen LogP contribution is -2.42. The zero-order chi connectivity index (χ0) is 14.9. The molecule has 2 rings (SSSR count). The first-order valence-electron chi connectivity index (χ1n) is 7.19. The summed E-state index contributed by atoms with van der Waals surface area (Å²) in [7, 11) is 0.118. The predicted octanol–water partition coefficient (Wildman–Crippen LogP) is 0.453. The maximum absolute atomic E-state index is 12.6. The summed E-state index contributed by atoms with van der Waals surface area (Å²) in [6, 6.07) is 0. The summed E-state index contributed by atoms with van der Waals surface area (Å²) in [6.07, 6.45) is 2.62. The van der Waals surface area contributed by atoms with Crippen molar-refractivity contribution in [3.63, 3.8) is 0 Å². The molecule has 0 radical (unpaired) electrons. The topological polar surface area (TPSA) is 77.9 Å². The van der Waals surface area contributed by atoms with Crippen molar-refractivity contribution >= 4 is 16.0 Å². The SMILES string of the molecule is CN1CCC(CN(C)S(=O)(=O)C2CCCC2C(=O)O)C1. The van der Waals surface area contributed by atoms with E-state index in [0.717, 1.165) is 19.5 Å². The van der Waals surface area contributed by atoms with E-state index < -0.39 is 27.2 Å². The van der Waals surface area contributed by atoms with Crippen LogP contribution in [0.1, 0.15) is 25.7 Å². The van der Waals surface area contributed by atoms with Crippen LogP contribution in [-0.2, 0) is 14.8 Å². The summed E-state index contributed by atoms with van der Waals surface area (Å²) in [4.78, 5) is 13.4. The lowest BCUT2D eigenvalue weighted by Gasteiger charge is -2.26. The molecule has 0 bridgehead atoms. The molecule has 2 fully saturated rings. The van der Waals surface area contributed by atoms with Gasteiger partial charge >= 0.3 is 5.97 Å². The third kappa shape index (κ3) is 3.15. The Balaban J connectivity index is 2.03. The minimum absolute atomic E-state index is 0.351. The van der Waals surface area contributed by atoms with Crippen LogP contribution >= 0.6 is 0 Å². The molecular formula is C13H24N2O4S. The largest absolute Gasteiger partial charge is 0.481 e. The number of aliphatic carboxylic acids is 1. The van der Waals surface area contributed by atoms with E-state index in [9.17, 15) is 13.2 Å². The highest BCUT2D eigenvalue weighted by Gasteiger charge is 2.43. The molecule has 0 spiro atoms. The summed E-state index contributed by atoms with van der Waals surface area (Å²) < 4.78 is 26.5. The molecule has 3 atom stereocenters. The summed E-state index contributed by atoms with van der Waals surface area (Å²) in [6.45, 7) is 2.40. The van der Waals surface area contributed by atoms with E-state index in [1.165, 1.54) is 4.31 Å². The minimum Gasteiger partial charge on any atom is -0.481 e. The van der Waals surface area contributed by atoms with Gasteiger partial charge < -0.3 is 10.0 Å². The zero-order valence-electron chi connectivity index (χ0n) is 12.2. The number of likely N-dealkylation sites (tertiary alicyclic amines) is 1. The third-order valence-corrected chi connectivity index (χ3v) is 6.94. The average molecular weight is 304 g/mol. The quantitative estimate of drug-likeness (QED) is 0.798. The van der Waals surface area contributed by atoms with Crippen LogP contribution in [0, 0.1) is 11.8 Å². The highest BCUT2D eigenvalue weighted by atomic mass is 32.2. The van der Waals surface area contributed by atoms with Crippen molar-refractivity contribution in [2.75, 3.05) is 33.7 Å². The van der Waals surface area contributed by atoms with Crippen molar-refractivity contribution in [3.8, 4) is 0 Å². The van der Waals surface area contributed by atoms with Crippen LogP contribution in [0.2, 0.25) is 0 Å². The van der Waals surface area contributed by atoms with Crippen LogP contribution in [-0.4, -0.2) is 67.7 Å². The molecule has 20 heavy (non-hydrogen) atoms. The molecule has 0 aromatic carbocycles. The molecule has 3 unspecified atom stereocenters. The van der Waals surface area contributed by atoms with Crippen molar-refractivity contribution in [1.82, 2.24) is 9.21 Å². The van der Waals surface area contributed by atoms with Crippen molar-refractivity contribution in [1.29, 1.82) is 0 Å². The van der Waals surface area contributed by atoms with Gasteiger partial charge in [-0.2, -0.15) is 0 Å². The first-order chi connectivity index (χ1) is 9.32. The average Bonchev–Trinajstić information content (AvgIpc) is 2.98. The van der Waals surface area contributed by atoms with E-state index >= 15 is 0 Å². The Morgan fingerprint density at radius 3 is 2.60 bits per heavy atom. The second-order valence-corrected chi connectivity index (χ2v) is 8.42. The molecule has 1 heterocycles. The second-order valence-electron chi connectivity index (χ2n) is 6.16. The van der Waals surface area contributed by atoms with E-state index in [0.29, 0.717) is 31.7 Å². The van der Waals surface area contributed by atoms with Gasteiger partial charge in [0, 0.05) is 20.1 Å². The van der Waals surface area contributed by atoms with Gasteiger partial charge in [-0.25, -0.2) is 12.7 Å². The highest BCUT2D eigenvalue weighted by molar-refractivity contribution is 7.89. The Bertz CT molecular complexity index is 465. The summed E-state index contributed by atoms with van der Waals surface area (Å²) >= 11 is 0. The Morgan fingerprint density at radius 2 is 2.05 bits per heavy atom. The van der Waals surface area contributed by atoms with Crippen molar-refractivity contribution in [2.45, 2.75) is 30.9 Å². The molecule has 1 aliphatic carbocycles. The summed E-state index contributed by atoms with van der Waals surface area (Å²) in [5.41, 5.74) is 0. The molecule has 0 amide bonds. The lowest BCUT2D eigenvalue weighted by molar-refractivity contribution is -0.141. The van der Waals surface area contributed by atoms with Gasteiger partial charge in [0.05, 0.1) is 11.2 Å². The smallest absolute Gasteiger partial charge is 0.307 e. The van der Waals surface area contributed by atoms with Gasteiger partial charge in [-0.15, -0.1) is 0 Å². The van der Waals surface area contributed by atoms with Crippen LogP contribution < -0.4 is 0 Å². The number of carboxylic acid groups (broad SMARTS) is 1. The number of rotatable bonds is 5. The predicted molar refractivity (Wildman–Crippen MR) is 75.9 cm³/mol. The Labute approximate surface area is 120 Å². The maximum atomic E-state index is 12.6. The molecular weight excluding hydrogens is 280 g/mol. The Kier molecular flexibility index (Phi) is 4.71. The fourth-order valence-corrected chi connectivity index (χ4v) is 5.45. The standard InChI is InChI=1S/C13H24N2O4S/c1-14-7-6-10(8-14)9-15(2)20(18,19)12-5-3-4-11(12)13(16)17/h10-12H,3-9H2,1-2H3,(H,16,17). The van der Waals surface area contributed by atoms with Crippen LogP contribution in [0.3, 0.4) is 0 Å². The van der Waals surface area contributed by atoms with Crippen LogP contribution in [0.4, 0.5) is 0 Å². The number of carboxylic acids is 1. The maximum Gasteiger partial charge on any atom is 0.307 e. The zero-order valence-corrected chi connectivity index (χ0v) is 13.0. The van der Waals surface area contributed by atoms with Crippen LogP contribution in [0.15, 0.2) is 0 Å². The Hall–Kier alpha value is -0.660.